The minimum Gasteiger partial charge on any atom is -0.299 e. The summed E-state index contributed by atoms with van der Waals surface area (Å²) in [7, 11) is 0. The Morgan fingerprint density at radius 2 is 2.27 bits per heavy atom. The van der Waals surface area contributed by atoms with Crippen molar-refractivity contribution in [1.82, 2.24) is 0 Å². The molecule has 0 aromatic carbocycles. The van der Waals surface area contributed by atoms with E-state index in [0.717, 1.165) is 25.7 Å². The summed E-state index contributed by atoms with van der Waals surface area (Å²) in [5.41, 5.74) is 0. The average molecular weight is 154 g/mol. The van der Waals surface area contributed by atoms with E-state index in [2.05, 4.69) is 13.5 Å². The van der Waals surface area contributed by atoms with Crippen LogP contribution in [0.3, 0.4) is 0 Å². The molecule has 0 amide bonds. The summed E-state index contributed by atoms with van der Waals surface area (Å²) in [6, 6.07) is 0. The van der Waals surface area contributed by atoms with E-state index in [-0.39, 0.29) is 5.92 Å². The predicted octanol–water partition coefficient (Wildman–Crippen LogP) is 2.96. The number of allylic oxidation sites excluding steroid dienone is 1. The molecule has 0 aliphatic heterocycles. The van der Waals surface area contributed by atoms with Gasteiger partial charge in [-0.15, -0.1) is 6.58 Å². The highest BCUT2D eigenvalue weighted by Gasteiger charge is 2.09. The Balaban J connectivity index is 3.54. The van der Waals surface area contributed by atoms with Crippen LogP contribution in [-0.4, -0.2) is 5.78 Å². The van der Waals surface area contributed by atoms with Crippen LogP contribution in [0.15, 0.2) is 12.7 Å². The second kappa shape index (κ2) is 6.14. The number of hydrogen-bond acceptors (Lipinski definition) is 1. The summed E-state index contributed by atoms with van der Waals surface area (Å²) < 4.78 is 0. The van der Waals surface area contributed by atoms with Crippen molar-refractivity contribution in [1.29, 1.82) is 0 Å². The number of carbonyl (C=O) groups excluding carboxylic acids is 1. The van der Waals surface area contributed by atoms with Gasteiger partial charge < -0.3 is 0 Å². The molecule has 1 nitrogen and oxygen atoms in total. The van der Waals surface area contributed by atoms with Crippen molar-refractivity contribution in [3.05, 3.63) is 12.7 Å². The van der Waals surface area contributed by atoms with E-state index in [1.165, 1.54) is 0 Å². The van der Waals surface area contributed by atoms with Crippen LogP contribution in [0.25, 0.3) is 0 Å². The first kappa shape index (κ1) is 10.4. The van der Waals surface area contributed by atoms with Crippen molar-refractivity contribution in [2.24, 2.45) is 5.92 Å². The Morgan fingerprint density at radius 1 is 1.64 bits per heavy atom. The molecule has 0 N–H and O–H groups in total. The van der Waals surface area contributed by atoms with Crippen molar-refractivity contribution >= 4 is 5.78 Å². The molecule has 0 bridgehead atoms. The quantitative estimate of drug-likeness (QED) is 0.537. The standard InChI is InChI=1S/C10H18O/c1-4-6-8-10(11)9(3)7-5-2/h5,9H,2,4,6-8H2,1,3H3. The summed E-state index contributed by atoms with van der Waals surface area (Å²) >= 11 is 0. The second-order valence-electron chi connectivity index (χ2n) is 3.00. The molecule has 0 heterocycles. The average Bonchev–Trinajstić information content (AvgIpc) is 2.00. The Hall–Kier alpha value is -0.590. The van der Waals surface area contributed by atoms with Gasteiger partial charge in [0.15, 0.2) is 0 Å². The summed E-state index contributed by atoms with van der Waals surface area (Å²) in [6.45, 7) is 7.69. The van der Waals surface area contributed by atoms with E-state index in [9.17, 15) is 4.79 Å². The lowest BCUT2D eigenvalue weighted by atomic mass is 9.99. The highest BCUT2D eigenvalue weighted by molar-refractivity contribution is 5.80. The topological polar surface area (TPSA) is 17.1 Å². The van der Waals surface area contributed by atoms with Crippen molar-refractivity contribution in [3.63, 3.8) is 0 Å². The first-order valence-corrected chi connectivity index (χ1v) is 4.36. The lowest BCUT2D eigenvalue weighted by Crippen LogP contribution is -2.09. The lowest BCUT2D eigenvalue weighted by Gasteiger charge is -2.05. The molecule has 0 radical (unpaired) electrons. The van der Waals surface area contributed by atoms with E-state index in [1.807, 2.05) is 13.0 Å². The molecule has 0 aliphatic rings. The van der Waals surface area contributed by atoms with Crippen LogP contribution in [0.2, 0.25) is 0 Å². The summed E-state index contributed by atoms with van der Waals surface area (Å²) in [6.07, 6.45) is 5.51. The first-order valence-electron chi connectivity index (χ1n) is 4.36. The van der Waals surface area contributed by atoms with Crippen LogP contribution in [0.5, 0.6) is 0 Å². The third kappa shape index (κ3) is 4.77. The van der Waals surface area contributed by atoms with Gasteiger partial charge in [-0.05, 0) is 12.8 Å². The fraction of sp³-hybridized carbons (Fsp3) is 0.700. The molecule has 0 rings (SSSR count). The van der Waals surface area contributed by atoms with E-state index < -0.39 is 0 Å². The van der Waals surface area contributed by atoms with E-state index in [0.29, 0.717) is 5.78 Å². The Morgan fingerprint density at radius 3 is 2.73 bits per heavy atom. The van der Waals surface area contributed by atoms with Gasteiger partial charge in [-0.2, -0.15) is 0 Å². The maximum absolute atomic E-state index is 11.2. The summed E-state index contributed by atoms with van der Waals surface area (Å²) in [4.78, 5) is 11.2. The number of Topliss-reactive ketones (excluding diaryl/α,β-unsaturated/α-hetero) is 1. The fourth-order valence-electron chi connectivity index (χ4n) is 0.979. The largest absolute Gasteiger partial charge is 0.299 e. The van der Waals surface area contributed by atoms with Gasteiger partial charge in [0, 0.05) is 12.3 Å². The van der Waals surface area contributed by atoms with Gasteiger partial charge in [0.2, 0.25) is 0 Å². The normalized spacial score (nSPS) is 12.5. The molecule has 0 spiro atoms. The van der Waals surface area contributed by atoms with E-state index in [1.54, 1.807) is 0 Å². The molecular formula is C10H18O. The van der Waals surface area contributed by atoms with Gasteiger partial charge in [0.25, 0.3) is 0 Å². The van der Waals surface area contributed by atoms with Crippen molar-refractivity contribution in [2.45, 2.75) is 39.5 Å². The predicted molar refractivity (Wildman–Crippen MR) is 48.5 cm³/mol. The molecule has 0 aliphatic carbocycles. The van der Waals surface area contributed by atoms with Gasteiger partial charge in [-0.3, -0.25) is 4.79 Å². The summed E-state index contributed by atoms with van der Waals surface area (Å²) in [5, 5.41) is 0. The van der Waals surface area contributed by atoms with E-state index >= 15 is 0 Å². The van der Waals surface area contributed by atoms with Gasteiger partial charge in [0.1, 0.15) is 5.78 Å². The number of hydrogen-bond donors (Lipinski definition) is 0. The minimum atomic E-state index is 0.180. The zero-order valence-electron chi connectivity index (χ0n) is 7.60. The molecule has 0 saturated carbocycles. The zero-order valence-corrected chi connectivity index (χ0v) is 7.60. The van der Waals surface area contributed by atoms with Crippen molar-refractivity contribution in [3.8, 4) is 0 Å². The maximum atomic E-state index is 11.2. The zero-order chi connectivity index (χ0) is 8.69. The lowest BCUT2D eigenvalue weighted by molar-refractivity contribution is -0.122. The molecule has 0 aromatic heterocycles. The monoisotopic (exact) mass is 154 g/mol. The van der Waals surface area contributed by atoms with Gasteiger partial charge in [-0.25, -0.2) is 0 Å². The number of ketones is 1. The molecule has 1 unspecified atom stereocenters. The minimum absolute atomic E-state index is 0.180. The highest BCUT2D eigenvalue weighted by Crippen LogP contribution is 2.08. The molecule has 0 aromatic rings. The number of rotatable bonds is 6. The number of unbranched alkanes of at least 4 members (excludes halogenated alkanes) is 1. The molecular weight excluding hydrogens is 136 g/mol. The molecule has 1 atom stereocenters. The Bertz CT molecular complexity index is 127. The van der Waals surface area contributed by atoms with Crippen LogP contribution < -0.4 is 0 Å². The molecule has 1 heteroatoms. The molecule has 0 saturated heterocycles. The maximum Gasteiger partial charge on any atom is 0.136 e. The van der Waals surface area contributed by atoms with Crippen LogP contribution in [-0.2, 0) is 4.79 Å². The third-order valence-corrected chi connectivity index (χ3v) is 1.85. The molecule has 0 fully saturated rings. The summed E-state index contributed by atoms with van der Waals surface area (Å²) in [5.74, 6) is 0.561. The van der Waals surface area contributed by atoms with Crippen molar-refractivity contribution in [2.75, 3.05) is 0 Å². The van der Waals surface area contributed by atoms with Gasteiger partial charge in [0.05, 0.1) is 0 Å². The Labute approximate surface area is 69.5 Å². The highest BCUT2D eigenvalue weighted by atomic mass is 16.1. The van der Waals surface area contributed by atoms with E-state index in [4.69, 9.17) is 0 Å². The van der Waals surface area contributed by atoms with Crippen LogP contribution in [0.4, 0.5) is 0 Å². The van der Waals surface area contributed by atoms with Crippen LogP contribution in [0, 0.1) is 5.92 Å². The smallest absolute Gasteiger partial charge is 0.136 e. The Kier molecular flexibility index (Phi) is 5.81. The van der Waals surface area contributed by atoms with Gasteiger partial charge >= 0.3 is 0 Å². The van der Waals surface area contributed by atoms with Gasteiger partial charge in [-0.1, -0.05) is 26.3 Å². The fourth-order valence-corrected chi connectivity index (χ4v) is 0.979. The second-order valence-corrected chi connectivity index (χ2v) is 3.00. The first-order chi connectivity index (χ1) is 5.22. The third-order valence-electron chi connectivity index (χ3n) is 1.85. The van der Waals surface area contributed by atoms with Crippen LogP contribution in [0.1, 0.15) is 39.5 Å². The molecule has 11 heavy (non-hydrogen) atoms. The van der Waals surface area contributed by atoms with Crippen LogP contribution >= 0.6 is 0 Å². The number of carbonyl (C=O) groups is 1. The van der Waals surface area contributed by atoms with Crippen molar-refractivity contribution < 1.29 is 4.79 Å². The SMILES string of the molecule is C=CCC(C)C(=O)CCCC. The molecule has 64 valence electrons.